The van der Waals surface area contributed by atoms with Crippen molar-refractivity contribution >= 4 is 16.8 Å². The number of carbonyl (C=O) groups excluding carboxylic acids is 1. The largest absolute Gasteiger partial charge is 0.358 e. The van der Waals surface area contributed by atoms with Crippen LogP contribution in [-0.4, -0.2) is 22.3 Å². The molecule has 3 heteroatoms. The van der Waals surface area contributed by atoms with E-state index in [1.807, 2.05) is 56.0 Å². The number of nitrogens with zero attached hydrogens (tertiary/aromatic N) is 1. The average Bonchev–Trinajstić information content (AvgIpc) is 2.96. The maximum absolute atomic E-state index is 13.4. The fraction of sp³-hybridized carbons (Fsp3) is 0.318. The van der Waals surface area contributed by atoms with Crippen LogP contribution in [0.25, 0.3) is 10.9 Å². The standard InChI is InChI=1S/C22H26N2O/c1-5-24(15-17-11-7-6-8-12-17)21(25)22(3,4)20-16(2)23-19-14-10-9-13-18(19)20/h6-14,23H,5,15H2,1-4H3. The van der Waals surface area contributed by atoms with Crippen molar-refractivity contribution < 1.29 is 4.79 Å². The van der Waals surface area contributed by atoms with Crippen LogP contribution >= 0.6 is 0 Å². The molecule has 1 amide bonds. The lowest BCUT2D eigenvalue weighted by molar-refractivity contribution is -0.136. The molecule has 0 bridgehead atoms. The molecule has 0 aliphatic rings. The van der Waals surface area contributed by atoms with Crippen LogP contribution in [0.2, 0.25) is 0 Å². The van der Waals surface area contributed by atoms with Crippen LogP contribution in [0.15, 0.2) is 54.6 Å². The zero-order valence-electron chi connectivity index (χ0n) is 15.5. The van der Waals surface area contributed by atoms with Crippen LogP contribution in [0, 0.1) is 6.92 Å². The first kappa shape index (κ1) is 17.3. The van der Waals surface area contributed by atoms with Crippen LogP contribution in [0.1, 0.15) is 37.6 Å². The van der Waals surface area contributed by atoms with Gasteiger partial charge in [-0.25, -0.2) is 0 Å². The molecular formula is C22H26N2O. The lowest BCUT2D eigenvalue weighted by Gasteiger charge is -2.32. The van der Waals surface area contributed by atoms with Crippen molar-refractivity contribution in [1.82, 2.24) is 9.88 Å². The van der Waals surface area contributed by atoms with Crippen LogP contribution in [-0.2, 0) is 16.8 Å². The lowest BCUT2D eigenvalue weighted by atomic mass is 9.81. The Morgan fingerprint density at radius 3 is 2.36 bits per heavy atom. The van der Waals surface area contributed by atoms with Crippen molar-refractivity contribution in [1.29, 1.82) is 0 Å². The fourth-order valence-corrected chi connectivity index (χ4v) is 3.72. The van der Waals surface area contributed by atoms with E-state index in [1.54, 1.807) is 0 Å². The molecule has 0 radical (unpaired) electrons. The molecule has 0 saturated carbocycles. The number of hydrogen-bond acceptors (Lipinski definition) is 1. The maximum atomic E-state index is 13.4. The highest BCUT2D eigenvalue weighted by atomic mass is 16.2. The van der Waals surface area contributed by atoms with E-state index >= 15 is 0 Å². The topological polar surface area (TPSA) is 36.1 Å². The zero-order chi connectivity index (χ0) is 18.0. The predicted octanol–water partition coefficient (Wildman–Crippen LogP) is 4.80. The Labute approximate surface area is 149 Å². The zero-order valence-corrected chi connectivity index (χ0v) is 15.5. The van der Waals surface area contributed by atoms with Crippen molar-refractivity contribution in [3.05, 3.63) is 71.4 Å². The first-order chi connectivity index (χ1) is 11.9. The molecule has 130 valence electrons. The van der Waals surface area contributed by atoms with E-state index in [2.05, 4.69) is 36.2 Å². The Morgan fingerprint density at radius 2 is 1.68 bits per heavy atom. The van der Waals surface area contributed by atoms with Gasteiger partial charge >= 0.3 is 0 Å². The third kappa shape index (κ3) is 3.19. The summed E-state index contributed by atoms with van der Waals surface area (Å²) in [5.74, 6) is 0.159. The number of nitrogens with one attached hydrogen (secondary N) is 1. The van der Waals surface area contributed by atoms with Gasteiger partial charge in [-0.05, 0) is 44.9 Å². The summed E-state index contributed by atoms with van der Waals surface area (Å²) in [5, 5.41) is 1.13. The summed E-state index contributed by atoms with van der Waals surface area (Å²) in [7, 11) is 0. The highest BCUT2D eigenvalue weighted by molar-refractivity contribution is 5.95. The van der Waals surface area contributed by atoms with Gasteiger partial charge in [-0.1, -0.05) is 48.5 Å². The maximum Gasteiger partial charge on any atom is 0.233 e. The molecule has 1 N–H and O–H groups in total. The Morgan fingerprint density at radius 1 is 1.04 bits per heavy atom. The number of aromatic amines is 1. The second-order valence-electron chi connectivity index (χ2n) is 7.10. The number of aryl methyl sites for hydroxylation is 1. The van der Waals surface area contributed by atoms with Gasteiger partial charge in [-0.15, -0.1) is 0 Å². The summed E-state index contributed by atoms with van der Waals surface area (Å²) in [5.41, 5.74) is 3.81. The van der Waals surface area contributed by atoms with Crippen LogP contribution in [0.4, 0.5) is 0 Å². The molecular weight excluding hydrogens is 308 g/mol. The molecule has 0 spiro atoms. The minimum atomic E-state index is -0.589. The first-order valence-corrected chi connectivity index (χ1v) is 8.86. The number of H-pyrrole nitrogens is 1. The molecule has 3 nitrogen and oxygen atoms in total. The highest BCUT2D eigenvalue weighted by Crippen LogP contribution is 2.35. The number of carbonyl (C=O) groups is 1. The smallest absolute Gasteiger partial charge is 0.233 e. The summed E-state index contributed by atoms with van der Waals surface area (Å²) in [6.45, 7) is 9.49. The normalized spacial score (nSPS) is 11.7. The quantitative estimate of drug-likeness (QED) is 0.714. The van der Waals surface area contributed by atoms with E-state index in [1.165, 1.54) is 0 Å². The summed E-state index contributed by atoms with van der Waals surface area (Å²) < 4.78 is 0. The molecule has 0 unspecified atom stereocenters. The van der Waals surface area contributed by atoms with E-state index in [9.17, 15) is 4.79 Å². The van der Waals surface area contributed by atoms with Crippen molar-refractivity contribution in [2.75, 3.05) is 6.54 Å². The Hall–Kier alpha value is -2.55. The van der Waals surface area contributed by atoms with E-state index in [0.717, 1.165) is 27.7 Å². The molecule has 0 atom stereocenters. The monoisotopic (exact) mass is 334 g/mol. The van der Waals surface area contributed by atoms with Gasteiger partial charge in [0.2, 0.25) is 5.91 Å². The molecule has 3 aromatic rings. The Bertz CT molecular complexity index is 877. The lowest BCUT2D eigenvalue weighted by Crippen LogP contribution is -2.43. The third-order valence-corrected chi connectivity index (χ3v) is 4.94. The van der Waals surface area contributed by atoms with Crippen molar-refractivity contribution in [3.8, 4) is 0 Å². The summed E-state index contributed by atoms with van der Waals surface area (Å²) in [6.07, 6.45) is 0. The molecule has 25 heavy (non-hydrogen) atoms. The number of fused-ring (bicyclic) bond motifs is 1. The van der Waals surface area contributed by atoms with Crippen LogP contribution < -0.4 is 0 Å². The molecule has 1 aromatic heterocycles. The summed E-state index contributed by atoms with van der Waals surface area (Å²) in [4.78, 5) is 18.8. The molecule has 2 aromatic carbocycles. The van der Waals surface area contributed by atoms with Gasteiger partial charge in [0.25, 0.3) is 0 Å². The molecule has 0 aliphatic carbocycles. The minimum Gasteiger partial charge on any atom is -0.358 e. The summed E-state index contributed by atoms with van der Waals surface area (Å²) in [6, 6.07) is 18.4. The molecule has 0 fully saturated rings. The molecule has 1 heterocycles. The van der Waals surface area contributed by atoms with E-state index in [0.29, 0.717) is 13.1 Å². The minimum absolute atomic E-state index is 0.159. The van der Waals surface area contributed by atoms with Crippen molar-refractivity contribution in [3.63, 3.8) is 0 Å². The second-order valence-corrected chi connectivity index (χ2v) is 7.10. The SMILES string of the molecule is CCN(Cc1ccccc1)C(=O)C(C)(C)c1c(C)[nH]c2ccccc12. The van der Waals surface area contributed by atoms with Crippen LogP contribution in [0.3, 0.4) is 0 Å². The van der Waals surface area contributed by atoms with Gasteiger partial charge < -0.3 is 9.88 Å². The van der Waals surface area contributed by atoms with E-state index in [-0.39, 0.29) is 5.91 Å². The van der Waals surface area contributed by atoms with Gasteiger partial charge in [0, 0.05) is 29.7 Å². The highest BCUT2D eigenvalue weighted by Gasteiger charge is 2.36. The average molecular weight is 334 g/mol. The van der Waals surface area contributed by atoms with Crippen LogP contribution in [0.5, 0.6) is 0 Å². The molecule has 0 saturated heterocycles. The van der Waals surface area contributed by atoms with Crippen molar-refractivity contribution in [2.45, 2.75) is 39.7 Å². The molecule has 0 aliphatic heterocycles. The first-order valence-electron chi connectivity index (χ1n) is 8.86. The van der Waals surface area contributed by atoms with Gasteiger partial charge in [0.05, 0.1) is 5.41 Å². The second kappa shape index (κ2) is 6.75. The Balaban J connectivity index is 1.97. The number of rotatable bonds is 5. The van der Waals surface area contributed by atoms with Gasteiger partial charge in [-0.2, -0.15) is 0 Å². The molecule has 3 rings (SSSR count). The van der Waals surface area contributed by atoms with Gasteiger partial charge in [0.1, 0.15) is 0 Å². The van der Waals surface area contributed by atoms with Gasteiger partial charge in [0.15, 0.2) is 0 Å². The third-order valence-electron chi connectivity index (χ3n) is 4.94. The Kier molecular flexibility index (Phi) is 4.67. The number of aromatic nitrogens is 1. The number of likely N-dealkylation sites (N-methyl/N-ethyl adjacent to an activating group) is 1. The van der Waals surface area contributed by atoms with E-state index < -0.39 is 5.41 Å². The van der Waals surface area contributed by atoms with E-state index in [4.69, 9.17) is 0 Å². The predicted molar refractivity (Wildman–Crippen MR) is 104 cm³/mol. The van der Waals surface area contributed by atoms with Crippen molar-refractivity contribution in [2.24, 2.45) is 0 Å². The summed E-state index contributed by atoms with van der Waals surface area (Å²) >= 11 is 0. The number of hydrogen-bond donors (Lipinski definition) is 1. The number of para-hydroxylation sites is 1. The number of amides is 1. The van der Waals surface area contributed by atoms with Gasteiger partial charge in [-0.3, -0.25) is 4.79 Å². The number of benzene rings is 2. The fourth-order valence-electron chi connectivity index (χ4n) is 3.72.